The topological polar surface area (TPSA) is 91.8 Å². The molecule has 2 aromatic rings. The highest BCUT2D eigenvalue weighted by molar-refractivity contribution is 7.87. The number of aromatic nitrogens is 1. The van der Waals surface area contributed by atoms with E-state index in [9.17, 15) is 26.4 Å². The SMILES string of the molecule is CC(C)(C)OC(=O)N1CC=C(c2cnc(-c3ccc4c(c3)CC3CCC(C4)C34CN(CC(F)(F)F)S(=O)(=O)N4)s2)CC1. The van der Waals surface area contributed by atoms with Gasteiger partial charge in [0.25, 0.3) is 10.2 Å². The Bertz CT molecular complexity index is 1530. The Hall–Kier alpha value is -2.48. The Balaban J connectivity index is 1.19. The van der Waals surface area contributed by atoms with Gasteiger partial charge in [0.2, 0.25) is 0 Å². The number of amides is 1. The van der Waals surface area contributed by atoms with Gasteiger partial charge in [-0.25, -0.2) is 9.78 Å². The lowest BCUT2D eigenvalue weighted by Gasteiger charge is -2.33. The fraction of sp³-hybridized carbons (Fsp3) is 0.586. The van der Waals surface area contributed by atoms with Gasteiger partial charge in [-0.2, -0.15) is 30.6 Å². The molecule has 4 aliphatic rings. The molecule has 2 aliphatic carbocycles. The summed E-state index contributed by atoms with van der Waals surface area (Å²) in [6.45, 7) is 4.97. The molecule has 0 radical (unpaired) electrons. The number of halogens is 3. The van der Waals surface area contributed by atoms with Gasteiger partial charge in [-0.3, -0.25) is 0 Å². The number of carbonyl (C=O) groups is 1. The van der Waals surface area contributed by atoms with E-state index in [2.05, 4.69) is 21.8 Å². The summed E-state index contributed by atoms with van der Waals surface area (Å²) >= 11 is 1.59. The molecule has 1 amide bonds. The number of rotatable bonds is 3. The summed E-state index contributed by atoms with van der Waals surface area (Å²) in [6, 6.07) is 6.21. The van der Waals surface area contributed by atoms with Crippen molar-refractivity contribution in [2.45, 2.75) is 70.2 Å². The van der Waals surface area contributed by atoms with Crippen molar-refractivity contribution in [3.8, 4) is 10.6 Å². The average Bonchev–Trinajstić information content (AvgIpc) is 3.52. The first-order valence-electron chi connectivity index (χ1n) is 14.2. The number of nitrogens with zero attached hydrogens (tertiary/aromatic N) is 3. The van der Waals surface area contributed by atoms with Gasteiger partial charge in [0, 0.05) is 31.4 Å². The lowest BCUT2D eigenvalue weighted by Crippen LogP contribution is -2.52. The van der Waals surface area contributed by atoms with Crippen LogP contribution in [0.4, 0.5) is 18.0 Å². The highest BCUT2D eigenvalue weighted by atomic mass is 32.2. The second kappa shape index (κ2) is 10.3. The first kappa shape index (κ1) is 29.6. The van der Waals surface area contributed by atoms with Gasteiger partial charge < -0.3 is 9.64 Å². The zero-order valence-corrected chi connectivity index (χ0v) is 25.5. The Morgan fingerprint density at radius 1 is 1.17 bits per heavy atom. The average molecular weight is 625 g/mol. The number of carbonyl (C=O) groups excluding carboxylic acids is 1. The number of thiazole rings is 1. The molecule has 3 atom stereocenters. The maximum Gasteiger partial charge on any atom is 0.410 e. The summed E-state index contributed by atoms with van der Waals surface area (Å²) in [7, 11) is -4.21. The summed E-state index contributed by atoms with van der Waals surface area (Å²) in [5.74, 6) is -0.147. The van der Waals surface area contributed by atoms with Gasteiger partial charge >= 0.3 is 12.3 Å². The lowest BCUT2D eigenvalue weighted by atomic mass is 9.79. The molecular weight excluding hydrogens is 589 g/mol. The molecule has 2 fully saturated rings. The molecular formula is C29H35F3N4O4S2. The van der Waals surface area contributed by atoms with Gasteiger partial charge in [0.1, 0.15) is 17.2 Å². The van der Waals surface area contributed by atoms with Crippen LogP contribution in [-0.4, -0.2) is 72.2 Å². The molecule has 6 rings (SSSR count). The van der Waals surface area contributed by atoms with Gasteiger partial charge in [-0.1, -0.05) is 18.2 Å². The second-order valence-corrected chi connectivity index (χ2v) is 15.5. The van der Waals surface area contributed by atoms with Crippen LogP contribution in [0.3, 0.4) is 0 Å². The summed E-state index contributed by atoms with van der Waals surface area (Å²) in [6.07, 6.45) is 2.48. The van der Waals surface area contributed by atoms with Gasteiger partial charge in [0.05, 0.1) is 10.4 Å². The van der Waals surface area contributed by atoms with Crippen molar-refractivity contribution in [1.29, 1.82) is 0 Å². The Morgan fingerprint density at radius 2 is 1.88 bits per heavy atom. The van der Waals surface area contributed by atoms with E-state index >= 15 is 0 Å². The first-order valence-corrected chi connectivity index (χ1v) is 16.5. The fourth-order valence-corrected chi connectivity index (χ4v) is 9.61. The van der Waals surface area contributed by atoms with Crippen LogP contribution in [0.15, 0.2) is 30.5 Å². The van der Waals surface area contributed by atoms with Crippen LogP contribution in [-0.2, 0) is 27.8 Å². The van der Waals surface area contributed by atoms with Crippen molar-refractivity contribution >= 4 is 33.2 Å². The molecule has 1 saturated heterocycles. The van der Waals surface area contributed by atoms with Gasteiger partial charge in [-0.15, -0.1) is 11.3 Å². The zero-order valence-electron chi connectivity index (χ0n) is 23.8. The summed E-state index contributed by atoms with van der Waals surface area (Å²) in [5, 5.41) is 0.866. The van der Waals surface area contributed by atoms with Gasteiger partial charge in [-0.05, 0) is 87.5 Å². The molecule has 1 saturated carbocycles. The van der Waals surface area contributed by atoms with E-state index in [0.717, 1.165) is 45.0 Å². The fourth-order valence-electron chi connectivity index (χ4n) is 6.92. The summed E-state index contributed by atoms with van der Waals surface area (Å²) < 4.78 is 73.8. The van der Waals surface area contributed by atoms with Crippen LogP contribution in [0.5, 0.6) is 0 Å². The number of benzene rings is 1. The van der Waals surface area contributed by atoms with Crippen LogP contribution >= 0.6 is 11.3 Å². The predicted octanol–water partition coefficient (Wildman–Crippen LogP) is 5.41. The van der Waals surface area contributed by atoms with Crippen LogP contribution in [0.25, 0.3) is 16.1 Å². The Morgan fingerprint density at radius 3 is 2.52 bits per heavy atom. The molecule has 13 heteroatoms. The van der Waals surface area contributed by atoms with Gasteiger partial charge in [0.15, 0.2) is 0 Å². The standard InChI is InChI=1S/C29H35F3N4O4S2/c1-27(2,3)40-26(37)35-10-8-18(9-11-35)24-15-33-25(41-24)20-5-4-19-13-22-6-7-23(14-21(19)12-20)28(22)16-36(17-29(30,31)32)42(38,39)34-28/h4-5,8,12,15,22-23,34H,6-7,9-11,13-14,16-17H2,1-3H3. The minimum Gasteiger partial charge on any atom is -0.444 e. The zero-order chi connectivity index (χ0) is 30.1. The molecule has 228 valence electrons. The second-order valence-electron chi connectivity index (χ2n) is 12.8. The van der Waals surface area contributed by atoms with Crippen molar-refractivity contribution in [2.24, 2.45) is 11.8 Å². The first-order chi connectivity index (χ1) is 19.6. The quantitative estimate of drug-likeness (QED) is 0.493. The number of alkyl halides is 3. The number of hydrogen-bond acceptors (Lipinski definition) is 6. The van der Waals surface area contributed by atoms with E-state index < -0.39 is 34.1 Å². The van der Waals surface area contributed by atoms with E-state index in [1.165, 1.54) is 0 Å². The Kier molecular flexibility index (Phi) is 7.26. The molecule has 2 aliphatic heterocycles. The van der Waals surface area contributed by atoms with Crippen molar-refractivity contribution in [3.05, 3.63) is 46.5 Å². The van der Waals surface area contributed by atoms with Crippen LogP contribution < -0.4 is 4.72 Å². The van der Waals surface area contributed by atoms with Crippen molar-refractivity contribution in [3.63, 3.8) is 0 Å². The van der Waals surface area contributed by atoms with E-state index in [0.29, 0.717) is 36.7 Å². The van der Waals surface area contributed by atoms with E-state index in [4.69, 9.17) is 4.74 Å². The van der Waals surface area contributed by atoms with Crippen molar-refractivity contribution in [2.75, 3.05) is 26.2 Å². The molecule has 1 aromatic heterocycles. The lowest BCUT2D eigenvalue weighted by molar-refractivity contribution is -0.136. The molecule has 1 N–H and O–H groups in total. The molecule has 42 heavy (non-hydrogen) atoms. The molecule has 3 unspecified atom stereocenters. The van der Waals surface area contributed by atoms with E-state index in [1.807, 2.05) is 39.1 Å². The third-order valence-corrected chi connectivity index (χ3v) is 11.5. The van der Waals surface area contributed by atoms with Crippen molar-refractivity contribution < 1.29 is 31.1 Å². The normalized spacial score (nSPS) is 27.6. The molecule has 2 bridgehead atoms. The highest BCUT2D eigenvalue weighted by Gasteiger charge is 2.60. The third-order valence-electron chi connectivity index (χ3n) is 8.84. The summed E-state index contributed by atoms with van der Waals surface area (Å²) in [5.41, 5.74) is 2.90. The van der Waals surface area contributed by atoms with E-state index in [-0.39, 0.29) is 24.5 Å². The largest absolute Gasteiger partial charge is 0.444 e. The minimum absolute atomic E-state index is 0.0624. The number of nitrogens with one attached hydrogen (secondary N) is 1. The van der Waals surface area contributed by atoms with Crippen molar-refractivity contribution in [1.82, 2.24) is 18.9 Å². The Labute approximate surface area is 248 Å². The van der Waals surface area contributed by atoms with Crippen LogP contribution in [0.2, 0.25) is 0 Å². The highest BCUT2D eigenvalue weighted by Crippen LogP contribution is 2.51. The van der Waals surface area contributed by atoms with Crippen LogP contribution in [0, 0.1) is 11.8 Å². The predicted molar refractivity (Wildman–Crippen MR) is 154 cm³/mol. The molecule has 3 heterocycles. The summed E-state index contributed by atoms with van der Waals surface area (Å²) in [4.78, 5) is 19.8. The molecule has 1 spiro atoms. The monoisotopic (exact) mass is 624 g/mol. The number of ether oxygens (including phenoxy) is 1. The minimum atomic E-state index is -4.60. The van der Waals surface area contributed by atoms with E-state index in [1.54, 1.807) is 16.2 Å². The maximum absolute atomic E-state index is 13.2. The smallest absolute Gasteiger partial charge is 0.410 e. The number of fused-ring (bicyclic) bond motifs is 1. The molecule has 1 aromatic carbocycles. The third kappa shape index (κ3) is 5.72. The van der Waals surface area contributed by atoms with Crippen LogP contribution in [0.1, 0.15) is 56.0 Å². The number of hydrogen-bond donors (Lipinski definition) is 1. The molecule has 8 nitrogen and oxygen atoms in total. The maximum atomic E-state index is 13.2.